The molecule has 20 heavy (non-hydrogen) atoms. The quantitative estimate of drug-likeness (QED) is 0.492. The van der Waals surface area contributed by atoms with Crippen LogP contribution in [0.4, 0.5) is 10.1 Å². The fourth-order valence-corrected chi connectivity index (χ4v) is 1.59. The summed E-state index contributed by atoms with van der Waals surface area (Å²) in [5.41, 5.74) is -1.47. The zero-order valence-corrected chi connectivity index (χ0v) is 11.6. The minimum Gasteiger partial charge on any atom is -0.465 e. The first-order valence-electron chi connectivity index (χ1n) is 6.13. The maximum absolute atomic E-state index is 13.7. The average molecular weight is 284 g/mol. The molecule has 1 aromatic rings. The largest absolute Gasteiger partial charge is 0.465 e. The van der Waals surface area contributed by atoms with Crippen LogP contribution in [-0.4, -0.2) is 23.0 Å². The van der Waals surface area contributed by atoms with Gasteiger partial charge >= 0.3 is 5.97 Å². The SMILES string of the molecule is CCOC(=O)C(C)(C)NCc1c(F)cccc1[N+](=O)[O-]. The van der Waals surface area contributed by atoms with Gasteiger partial charge in [0.05, 0.1) is 17.1 Å². The number of rotatable bonds is 6. The van der Waals surface area contributed by atoms with Crippen LogP contribution in [0.25, 0.3) is 0 Å². The van der Waals surface area contributed by atoms with Gasteiger partial charge < -0.3 is 4.74 Å². The molecule has 0 amide bonds. The van der Waals surface area contributed by atoms with Crippen molar-refractivity contribution in [2.75, 3.05) is 6.61 Å². The maximum atomic E-state index is 13.7. The van der Waals surface area contributed by atoms with Gasteiger partial charge in [-0.1, -0.05) is 6.07 Å². The topological polar surface area (TPSA) is 81.5 Å². The molecule has 0 bridgehead atoms. The number of esters is 1. The van der Waals surface area contributed by atoms with Crippen molar-refractivity contribution in [2.24, 2.45) is 0 Å². The van der Waals surface area contributed by atoms with Crippen LogP contribution in [0.1, 0.15) is 26.3 Å². The first-order valence-corrected chi connectivity index (χ1v) is 6.13. The molecule has 0 aliphatic carbocycles. The van der Waals surface area contributed by atoms with Gasteiger partial charge in [0, 0.05) is 12.6 Å². The van der Waals surface area contributed by atoms with Crippen molar-refractivity contribution in [1.29, 1.82) is 0 Å². The molecule has 0 heterocycles. The molecule has 0 unspecified atom stereocenters. The number of hydrogen-bond donors (Lipinski definition) is 1. The third-order valence-corrected chi connectivity index (χ3v) is 2.78. The summed E-state index contributed by atoms with van der Waals surface area (Å²) in [5.74, 6) is -1.19. The van der Waals surface area contributed by atoms with Gasteiger partial charge in [0.2, 0.25) is 0 Å². The Morgan fingerprint density at radius 1 is 1.50 bits per heavy atom. The summed E-state index contributed by atoms with van der Waals surface area (Å²) in [4.78, 5) is 21.9. The highest BCUT2D eigenvalue weighted by Gasteiger charge is 2.30. The molecule has 1 rings (SSSR count). The minimum absolute atomic E-state index is 0.0881. The molecule has 0 fully saturated rings. The Hall–Kier alpha value is -2.02. The zero-order chi connectivity index (χ0) is 15.3. The highest BCUT2D eigenvalue weighted by atomic mass is 19.1. The van der Waals surface area contributed by atoms with E-state index < -0.39 is 22.2 Å². The number of nitro groups is 1. The normalized spacial score (nSPS) is 11.2. The lowest BCUT2D eigenvalue weighted by Crippen LogP contribution is -2.47. The number of benzene rings is 1. The lowest BCUT2D eigenvalue weighted by atomic mass is 10.0. The third-order valence-electron chi connectivity index (χ3n) is 2.78. The Bertz CT molecular complexity index is 517. The summed E-state index contributed by atoms with van der Waals surface area (Å²) in [7, 11) is 0. The number of nitrogens with zero attached hydrogens (tertiary/aromatic N) is 1. The number of carbonyl (C=O) groups excluding carboxylic acids is 1. The number of carbonyl (C=O) groups is 1. The number of nitrogens with one attached hydrogen (secondary N) is 1. The van der Waals surface area contributed by atoms with Gasteiger partial charge in [-0.15, -0.1) is 0 Å². The fourth-order valence-electron chi connectivity index (χ4n) is 1.59. The van der Waals surface area contributed by atoms with E-state index in [0.29, 0.717) is 0 Å². The first-order chi connectivity index (χ1) is 9.29. The predicted molar refractivity (Wildman–Crippen MR) is 70.6 cm³/mol. The molecule has 0 aromatic heterocycles. The van der Waals surface area contributed by atoms with Crippen molar-refractivity contribution in [1.82, 2.24) is 5.32 Å². The standard InChI is InChI=1S/C13H17FN2O4/c1-4-20-12(17)13(2,3)15-8-9-10(14)6-5-7-11(9)16(18)19/h5-7,15H,4,8H2,1-3H3. The maximum Gasteiger partial charge on any atom is 0.325 e. The fraction of sp³-hybridized carbons (Fsp3) is 0.462. The zero-order valence-electron chi connectivity index (χ0n) is 11.6. The van der Waals surface area contributed by atoms with Crippen molar-refractivity contribution >= 4 is 11.7 Å². The van der Waals surface area contributed by atoms with E-state index in [9.17, 15) is 19.3 Å². The van der Waals surface area contributed by atoms with Crippen molar-refractivity contribution in [3.8, 4) is 0 Å². The highest BCUT2D eigenvalue weighted by molar-refractivity contribution is 5.79. The van der Waals surface area contributed by atoms with E-state index in [0.717, 1.165) is 6.07 Å². The van der Waals surface area contributed by atoms with E-state index in [-0.39, 0.29) is 24.4 Å². The molecular weight excluding hydrogens is 267 g/mol. The van der Waals surface area contributed by atoms with Crippen molar-refractivity contribution in [3.63, 3.8) is 0 Å². The molecule has 0 spiro atoms. The van der Waals surface area contributed by atoms with E-state index in [2.05, 4.69) is 5.32 Å². The molecule has 0 aliphatic rings. The molecule has 1 N–H and O–H groups in total. The van der Waals surface area contributed by atoms with Crippen LogP contribution in [0.3, 0.4) is 0 Å². The van der Waals surface area contributed by atoms with Crippen LogP contribution in [-0.2, 0) is 16.1 Å². The predicted octanol–water partition coefficient (Wildman–Crippen LogP) is 2.17. The second kappa shape index (κ2) is 6.42. The van der Waals surface area contributed by atoms with Gasteiger partial charge in [0.1, 0.15) is 11.4 Å². The van der Waals surface area contributed by atoms with Crippen LogP contribution < -0.4 is 5.32 Å². The number of nitro benzene ring substituents is 1. The van der Waals surface area contributed by atoms with Crippen LogP contribution >= 0.6 is 0 Å². The van der Waals surface area contributed by atoms with E-state index in [1.165, 1.54) is 12.1 Å². The van der Waals surface area contributed by atoms with Crippen LogP contribution in [0, 0.1) is 15.9 Å². The summed E-state index contributed by atoms with van der Waals surface area (Å²) in [6.45, 7) is 4.89. The Kier molecular flexibility index (Phi) is 5.15. The number of hydrogen-bond acceptors (Lipinski definition) is 5. The summed E-state index contributed by atoms with van der Waals surface area (Å²) in [5, 5.41) is 13.6. The molecule has 110 valence electrons. The van der Waals surface area contributed by atoms with Crippen molar-refractivity contribution < 1.29 is 18.8 Å². The summed E-state index contributed by atoms with van der Waals surface area (Å²) in [6.07, 6.45) is 0. The Morgan fingerprint density at radius 3 is 2.70 bits per heavy atom. The van der Waals surface area contributed by atoms with E-state index in [4.69, 9.17) is 4.74 Å². The summed E-state index contributed by atoms with van der Waals surface area (Å²) in [6, 6.07) is 3.63. The first kappa shape index (κ1) is 16.0. The van der Waals surface area contributed by atoms with Gasteiger partial charge in [-0.2, -0.15) is 0 Å². The Balaban J connectivity index is 2.90. The Labute approximate surface area is 116 Å². The molecule has 6 nitrogen and oxygen atoms in total. The average Bonchev–Trinajstić information content (AvgIpc) is 2.37. The second-order valence-electron chi connectivity index (χ2n) is 4.69. The third kappa shape index (κ3) is 3.74. The van der Waals surface area contributed by atoms with Crippen LogP contribution in [0.15, 0.2) is 18.2 Å². The van der Waals surface area contributed by atoms with Gasteiger partial charge in [0.25, 0.3) is 5.69 Å². The monoisotopic (exact) mass is 284 g/mol. The summed E-state index contributed by atoms with van der Waals surface area (Å²) < 4.78 is 18.5. The lowest BCUT2D eigenvalue weighted by molar-refractivity contribution is -0.385. The molecule has 1 aromatic carbocycles. The van der Waals surface area contributed by atoms with E-state index in [1.807, 2.05) is 0 Å². The molecule has 0 atom stereocenters. The van der Waals surface area contributed by atoms with Crippen molar-refractivity contribution in [2.45, 2.75) is 32.9 Å². The van der Waals surface area contributed by atoms with E-state index in [1.54, 1.807) is 20.8 Å². The molecule has 0 saturated carbocycles. The van der Waals surface area contributed by atoms with Gasteiger partial charge in [0.15, 0.2) is 0 Å². The molecule has 0 radical (unpaired) electrons. The smallest absolute Gasteiger partial charge is 0.325 e. The van der Waals surface area contributed by atoms with E-state index >= 15 is 0 Å². The minimum atomic E-state index is -1.06. The van der Waals surface area contributed by atoms with Crippen LogP contribution in [0.5, 0.6) is 0 Å². The molecule has 0 aliphatic heterocycles. The molecule has 0 saturated heterocycles. The number of ether oxygens (including phenoxy) is 1. The molecular formula is C13H17FN2O4. The van der Waals surface area contributed by atoms with Gasteiger partial charge in [-0.3, -0.25) is 20.2 Å². The van der Waals surface area contributed by atoms with Crippen molar-refractivity contribution in [3.05, 3.63) is 39.7 Å². The Morgan fingerprint density at radius 2 is 2.15 bits per heavy atom. The summed E-state index contributed by atoms with van der Waals surface area (Å²) >= 11 is 0. The van der Waals surface area contributed by atoms with Crippen LogP contribution in [0.2, 0.25) is 0 Å². The molecule has 7 heteroatoms. The highest BCUT2D eigenvalue weighted by Crippen LogP contribution is 2.22. The van der Waals surface area contributed by atoms with Gasteiger partial charge in [-0.25, -0.2) is 4.39 Å². The second-order valence-corrected chi connectivity index (χ2v) is 4.69. The number of halogens is 1. The van der Waals surface area contributed by atoms with Gasteiger partial charge in [-0.05, 0) is 26.8 Å². The lowest BCUT2D eigenvalue weighted by Gasteiger charge is -2.23.